The second-order valence-corrected chi connectivity index (χ2v) is 5.69. The number of hydrogen-bond acceptors (Lipinski definition) is 3. The maximum absolute atomic E-state index is 9.51. The summed E-state index contributed by atoms with van der Waals surface area (Å²) in [4.78, 5) is 0. The molecule has 0 aromatic rings. The first-order valence-electron chi connectivity index (χ1n) is 8.37. The fourth-order valence-corrected chi connectivity index (χ4v) is 2.21. The summed E-state index contributed by atoms with van der Waals surface area (Å²) >= 11 is 0. The zero-order chi connectivity index (χ0) is 15.8. The Morgan fingerprint density at radius 1 is 0.952 bits per heavy atom. The number of unbranched alkanes of at least 4 members (excludes halogenated alkanes) is 10. The van der Waals surface area contributed by atoms with Crippen molar-refractivity contribution in [3.63, 3.8) is 0 Å². The van der Waals surface area contributed by atoms with E-state index in [0.717, 1.165) is 19.3 Å². The lowest BCUT2D eigenvalue weighted by Gasteiger charge is -2.11. The van der Waals surface area contributed by atoms with Crippen LogP contribution in [-0.4, -0.2) is 29.0 Å². The molecule has 0 amide bonds. The Morgan fingerprint density at radius 3 is 2.00 bits per heavy atom. The Kier molecular flexibility index (Phi) is 15.0. The molecule has 0 rings (SSSR count). The van der Waals surface area contributed by atoms with E-state index in [0.29, 0.717) is 0 Å². The summed E-state index contributed by atoms with van der Waals surface area (Å²) < 4.78 is 0. The van der Waals surface area contributed by atoms with Crippen LogP contribution in [-0.2, 0) is 0 Å². The topological polar surface area (TPSA) is 66.5 Å². The van der Waals surface area contributed by atoms with Crippen LogP contribution < -0.4 is 5.73 Å². The quantitative estimate of drug-likeness (QED) is 0.262. The largest absolute Gasteiger partial charge is 0.395 e. The summed E-state index contributed by atoms with van der Waals surface area (Å²) in [5, 5.41) is 18.3. The molecule has 0 saturated carbocycles. The van der Waals surface area contributed by atoms with Gasteiger partial charge < -0.3 is 15.9 Å². The number of aliphatic hydroxyl groups is 2. The standard InChI is InChI=1S/C18H33NO2/c1-2-3-4-5-6-7-8-9-10-11-12-13-14-15-18(21)17(19)16-20/h1,14-15,17-18,20-21H,3-13,16,19H2/b15-14-. The third kappa shape index (κ3) is 13.9. The van der Waals surface area contributed by atoms with Crippen molar-refractivity contribution in [2.24, 2.45) is 5.73 Å². The highest BCUT2D eigenvalue weighted by Crippen LogP contribution is 2.11. The molecule has 0 saturated heterocycles. The Morgan fingerprint density at radius 2 is 1.48 bits per heavy atom. The number of allylic oxidation sites excluding steroid dienone is 1. The van der Waals surface area contributed by atoms with E-state index in [1.54, 1.807) is 6.08 Å². The van der Waals surface area contributed by atoms with Gasteiger partial charge in [0.1, 0.15) is 0 Å². The maximum atomic E-state index is 9.51. The Bertz CT molecular complexity index is 283. The molecule has 0 aromatic carbocycles. The number of terminal acetylenes is 1. The van der Waals surface area contributed by atoms with E-state index >= 15 is 0 Å². The van der Waals surface area contributed by atoms with Crippen molar-refractivity contribution in [2.45, 2.75) is 82.8 Å². The normalized spacial score (nSPS) is 14.2. The van der Waals surface area contributed by atoms with E-state index in [-0.39, 0.29) is 6.61 Å². The molecule has 0 bridgehead atoms. The second kappa shape index (κ2) is 15.6. The highest BCUT2D eigenvalue weighted by molar-refractivity contribution is 4.93. The zero-order valence-electron chi connectivity index (χ0n) is 13.3. The van der Waals surface area contributed by atoms with Gasteiger partial charge in [-0.1, -0.05) is 57.1 Å². The molecule has 2 unspecified atom stereocenters. The zero-order valence-corrected chi connectivity index (χ0v) is 13.3. The summed E-state index contributed by atoms with van der Waals surface area (Å²) in [6.07, 6.45) is 21.4. The van der Waals surface area contributed by atoms with E-state index in [1.807, 2.05) is 6.08 Å². The summed E-state index contributed by atoms with van der Waals surface area (Å²) in [5.41, 5.74) is 5.50. The van der Waals surface area contributed by atoms with Gasteiger partial charge in [-0.05, 0) is 19.3 Å². The van der Waals surface area contributed by atoms with Crippen molar-refractivity contribution in [2.75, 3.05) is 6.61 Å². The Labute approximate surface area is 130 Å². The summed E-state index contributed by atoms with van der Waals surface area (Å²) in [7, 11) is 0. The van der Waals surface area contributed by atoms with Gasteiger partial charge in [-0.2, -0.15) is 0 Å². The van der Waals surface area contributed by atoms with Crippen LogP contribution in [0.15, 0.2) is 12.2 Å². The van der Waals surface area contributed by atoms with E-state index in [9.17, 15) is 5.11 Å². The van der Waals surface area contributed by atoms with Crippen molar-refractivity contribution in [1.82, 2.24) is 0 Å². The number of aliphatic hydroxyl groups excluding tert-OH is 2. The van der Waals surface area contributed by atoms with Crippen LogP contribution in [0.5, 0.6) is 0 Å². The first-order valence-corrected chi connectivity index (χ1v) is 8.37. The first-order chi connectivity index (χ1) is 10.2. The SMILES string of the molecule is C#CCCCCCCCCCCC/C=C\C(O)C(N)CO. The summed E-state index contributed by atoms with van der Waals surface area (Å²) in [6.45, 7) is -0.186. The molecular weight excluding hydrogens is 262 g/mol. The van der Waals surface area contributed by atoms with Crippen LogP contribution in [0.1, 0.15) is 70.6 Å². The average molecular weight is 295 g/mol. The van der Waals surface area contributed by atoms with Gasteiger partial charge in [-0.3, -0.25) is 0 Å². The van der Waals surface area contributed by atoms with Crippen LogP contribution in [0.25, 0.3) is 0 Å². The van der Waals surface area contributed by atoms with E-state index in [2.05, 4.69) is 5.92 Å². The molecule has 0 fully saturated rings. The van der Waals surface area contributed by atoms with Crippen molar-refractivity contribution in [1.29, 1.82) is 0 Å². The lowest BCUT2D eigenvalue weighted by molar-refractivity contribution is 0.144. The minimum absolute atomic E-state index is 0.186. The molecule has 0 aliphatic carbocycles. The molecule has 21 heavy (non-hydrogen) atoms. The summed E-state index contributed by atoms with van der Waals surface area (Å²) in [6, 6.07) is -0.568. The summed E-state index contributed by atoms with van der Waals surface area (Å²) in [5.74, 6) is 2.68. The molecule has 0 aromatic heterocycles. The van der Waals surface area contributed by atoms with Gasteiger partial charge in [-0.25, -0.2) is 0 Å². The second-order valence-electron chi connectivity index (χ2n) is 5.69. The minimum Gasteiger partial charge on any atom is -0.395 e. The fraction of sp³-hybridized carbons (Fsp3) is 0.778. The third-order valence-corrected chi connectivity index (χ3v) is 3.67. The molecule has 0 heterocycles. The van der Waals surface area contributed by atoms with E-state index in [1.165, 1.54) is 51.4 Å². The van der Waals surface area contributed by atoms with Crippen LogP contribution >= 0.6 is 0 Å². The predicted molar refractivity (Wildman–Crippen MR) is 89.8 cm³/mol. The molecule has 4 N–H and O–H groups in total. The molecule has 0 aliphatic heterocycles. The molecule has 0 spiro atoms. The Hall–Kier alpha value is -0.820. The first kappa shape index (κ1) is 20.2. The van der Waals surface area contributed by atoms with Gasteiger partial charge in [0.2, 0.25) is 0 Å². The maximum Gasteiger partial charge on any atom is 0.0894 e. The number of hydrogen-bond donors (Lipinski definition) is 3. The van der Waals surface area contributed by atoms with Crippen LogP contribution in [0.4, 0.5) is 0 Å². The number of rotatable bonds is 14. The average Bonchev–Trinajstić information content (AvgIpc) is 2.50. The van der Waals surface area contributed by atoms with Crippen molar-refractivity contribution < 1.29 is 10.2 Å². The van der Waals surface area contributed by atoms with E-state index in [4.69, 9.17) is 17.3 Å². The van der Waals surface area contributed by atoms with Gasteiger partial charge >= 0.3 is 0 Å². The van der Waals surface area contributed by atoms with Crippen molar-refractivity contribution >= 4 is 0 Å². The lowest BCUT2D eigenvalue weighted by Crippen LogP contribution is -2.36. The van der Waals surface area contributed by atoms with Crippen molar-refractivity contribution in [3.8, 4) is 12.3 Å². The van der Waals surface area contributed by atoms with Gasteiger partial charge in [0, 0.05) is 6.42 Å². The predicted octanol–water partition coefficient (Wildman–Crippen LogP) is 3.15. The molecule has 0 aliphatic rings. The third-order valence-electron chi connectivity index (χ3n) is 3.67. The molecule has 3 nitrogen and oxygen atoms in total. The molecule has 122 valence electrons. The Balaban J connectivity index is 3.22. The number of nitrogens with two attached hydrogens (primary N) is 1. The van der Waals surface area contributed by atoms with Crippen LogP contribution in [0.3, 0.4) is 0 Å². The van der Waals surface area contributed by atoms with Gasteiger partial charge in [0.05, 0.1) is 18.8 Å². The molecular formula is C18H33NO2. The fourth-order valence-electron chi connectivity index (χ4n) is 2.21. The van der Waals surface area contributed by atoms with E-state index < -0.39 is 12.1 Å². The molecule has 2 atom stereocenters. The van der Waals surface area contributed by atoms with Crippen molar-refractivity contribution in [3.05, 3.63) is 12.2 Å². The molecule has 3 heteroatoms. The van der Waals surface area contributed by atoms with Gasteiger partial charge in [-0.15, -0.1) is 12.3 Å². The van der Waals surface area contributed by atoms with Gasteiger partial charge in [0.25, 0.3) is 0 Å². The minimum atomic E-state index is -0.732. The molecule has 0 radical (unpaired) electrons. The highest BCUT2D eigenvalue weighted by Gasteiger charge is 2.08. The smallest absolute Gasteiger partial charge is 0.0894 e. The lowest BCUT2D eigenvalue weighted by atomic mass is 10.1. The highest BCUT2D eigenvalue weighted by atomic mass is 16.3. The van der Waals surface area contributed by atoms with Gasteiger partial charge in [0.15, 0.2) is 0 Å². The van der Waals surface area contributed by atoms with Crippen LogP contribution in [0, 0.1) is 12.3 Å². The monoisotopic (exact) mass is 295 g/mol. The van der Waals surface area contributed by atoms with Crippen LogP contribution in [0.2, 0.25) is 0 Å².